The second kappa shape index (κ2) is 9.37. The van der Waals surface area contributed by atoms with E-state index >= 15 is 0 Å². The Morgan fingerprint density at radius 1 is 1.06 bits per heavy atom. The van der Waals surface area contributed by atoms with Crippen LogP contribution < -0.4 is 5.43 Å². The minimum Gasteiger partial charge on any atom is -0.371 e. The number of thioether (sulfide) groups is 1. The molecule has 0 amide bonds. The Bertz CT molecular complexity index is 1120. The minimum absolute atomic E-state index is 0.254. The molecule has 1 atom stereocenters. The minimum atomic E-state index is -0.888. The van der Waals surface area contributed by atoms with E-state index in [0.29, 0.717) is 10.7 Å². The van der Waals surface area contributed by atoms with Crippen molar-refractivity contribution in [3.05, 3.63) is 81.9 Å². The number of nitrogens with one attached hydrogen (secondary N) is 1. The van der Waals surface area contributed by atoms with Gasteiger partial charge in [-0.2, -0.15) is 16.9 Å². The first kappa shape index (κ1) is 21.7. The van der Waals surface area contributed by atoms with Gasteiger partial charge in [0.25, 0.3) is 0 Å². The zero-order chi connectivity index (χ0) is 22.1. The number of benzene rings is 2. The summed E-state index contributed by atoms with van der Waals surface area (Å²) in [5, 5.41) is 18.6. The first-order chi connectivity index (χ1) is 15.6. The summed E-state index contributed by atoms with van der Waals surface area (Å²) in [7, 11) is 0. The van der Waals surface area contributed by atoms with Gasteiger partial charge < -0.3 is 5.11 Å². The number of hydrazine groups is 1. The Labute approximate surface area is 195 Å². The highest BCUT2D eigenvalue weighted by atomic mass is 35.5. The van der Waals surface area contributed by atoms with Gasteiger partial charge in [0.2, 0.25) is 0 Å². The Morgan fingerprint density at radius 3 is 2.50 bits per heavy atom. The molecule has 1 fully saturated rings. The van der Waals surface area contributed by atoms with Gasteiger partial charge in [-0.1, -0.05) is 23.7 Å². The highest BCUT2D eigenvalue weighted by Gasteiger charge is 2.29. The lowest BCUT2D eigenvalue weighted by molar-refractivity contribution is 0.0441. The maximum Gasteiger partial charge on any atom is 0.162 e. The van der Waals surface area contributed by atoms with E-state index in [4.69, 9.17) is 16.7 Å². The van der Waals surface area contributed by atoms with Gasteiger partial charge in [0.05, 0.1) is 11.4 Å². The SMILES string of the molecule is OC(NN1CCCC1)c1nn(-c2ccc(Cl)cc2)c2c1CSC/C2=C\c1ccc(F)cc1. The van der Waals surface area contributed by atoms with E-state index < -0.39 is 6.23 Å². The van der Waals surface area contributed by atoms with Gasteiger partial charge in [-0.25, -0.2) is 19.5 Å². The zero-order valence-electron chi connectivity index (χ0n) is 17.5. The molecule has 2 aliphatic rings. The maximum atomic E-state index is 13.4. The van der Waals surface area contributed by atoms with Crippen molar-refractivity contribution < 1.29 is 9.50 Å². The molecule has 1 aromatic heterocycles. The smallest absolute Gasteiger partial charge is 0.162 e. The van der Waals surface area contributed by atoms with E-state index in [9.17, 15) is 9.50 Å². The molecule has 1 unspecified atom stereocenters. The van der Waals surface area contributed by atoms with E-state index in [1.165, 1.54) is 12.1 Å². The van der Waals surface area contributed by atoms with Crippen molar-refractivity contribution in [1.29, 1.82) is 0 Å². The quantitative estimate of drug-likeness (QED) is 0.511. The molecule has 5 nitrogen and oxygen atoms in total. The Morgan fingerprint density at radius 2 is 1.78 bits per heavy atom. The van der Waals surface area contributed by atoms with Crippen LogP contribution >= 0.6 is 23.4 Å². The van der Waals surface area contributed by atoms with Crippen LogP contribution in [0.25, 0.3) is 17.3 Å². The molecule has 0 saturated carbocycles. The van der Waals surface area contributed by atoms with Crippen molar-refractivity contribution in [3.8, 4) is 5.69 Å². The largest absolute Gasteiger partial charge is 0.371 e. The highest BCUT2D eigenvalue weighted by Crippen LogP contribution is 2.38. The normalized spacial score (nSPS) is 18.8. The summed E-state index contributed by atoms with van der Waals surface area (Å²) < 4.78 is 15.3. The molecule has 3 aromatic rings. The van der Waals surface area contributed by atoms with Crippen LogP contribution in [-0.4, -0.2) is 38.7 Å². The molecule has 1 saturated heterocycles. The van der Waals surface area contributed by atoms with E-state index in [-0.39, 0.29) is 5.82 Å². The molecule has 0 bridgehead atoms. The van der Waals surface area contributed by atoms with Gasteiger partial charge in [-0.3, -0.25) is 0 Å². The van der Waals surface area contributed by atoms with Crippen LogP contribution in [0.5, 0.6) is 0 Å². The van der Waals surface area contributed by atoms with E-state index in [2.05, 4.69) is 16.5 Å². The third kappa shape index (κ3) is 4.49. The molecule has 2 aliphatic heterocycles. The van der Waals surface area contributed by atoms with E-state index in [1.54, 1.807) is 23.9 Å². The average molecular weight is 471 g/mol. The fourth-order valence-corrected chi connectivity index (χ4v) is 5.37. The van der Waals surface area contributed by atoms with Gasteiger partial charge in [0.1, 0.15) is 11.5 Å². The van der Waals surface area contributed by atoms with Crippen molar-refractivity contribution in [2.45, 2.75) is 24.8 Å². The number of hydrogen-bond donors (Lipinski definition) is 2. The second-order valence-corrected chi connectivity index (χ2v) is 9.46. The standard InChI is InChI=1S/C24H24ClFN4OS/c25-18-5-9-20(10-6-18)30-23-17(13-16-3-7-19(26)8-4-16)14-32-15-21(23)22(27-30)24(31)28-29-11-1-2-12-29/h3-10,13,24,28,31H,1-2,11-12,14-15H2/b17-13+. The zero-order valence-corrected chi connectivity index (χ0v) is 19.0. The number of nitrogens with zero attached hydrogens (tertiary/aromatic N) is 3. The van der Waals surface area contributed by atoms with Crippen LogP contribution in [0.3, 0.4) is 0 Å². The second-order valence-electron chi connectivity index (χ2n) is 8.04. The molecule has 2 aromatic carbocycles. The number of aromatic nitrogens is 2. The molecular weight excluding hydrogens is 447 g/mol. The van der Waals surface area contributed by atoms with Gasteiger partial charge in [-0.05, 0) is 66.5 Å². The summed E-state index contributed by atoms with van der Waals surface area (Å²) in [6, 6.07) is 14.0. The molecular formula is C24H24ClFN4OS. The van der Waals surface area contributed by atoms with Gasteiger partial charge in [0.15, 0.2) is 6.23 Å². The number of aliphatic hydroxyl groups is 1. The van der Waals surface area contributed by atoms with E-state index in [1.807, 2.05) is 28.9 Å². The average Bonchev–Trinajstić information content (AvgIpc) is 3.44. The van der Waals surface area contributed by atoms with Crippen LogP contribution in [0, 0.1) is 5.82 Å². The monoisotopic (exact) mass is 470 g/mol. The predicted octanol–water partition coefficient (Wildman–Crippen LogP) is 5.04. The molecule has 3 heterocycles. The number of halogens is 2. The number of fused-ring (bicyclic) bond motifs is 1. The molecule has 32 heavy (non-hydrogen) atoms. The third-order valence-electron chi connectivity index (χ3n) is 5.77. The van der Waals surface area contributed by atoms with Crippen molar-refractivity contribution in [3.63, 3.8) is 0 Å². The lowest BCUT2D eigenvalue weighted by atomic mass is 10.0. The maximum absolute atomic E-state index is 13.4. The first-order valence-electron chi connectivity index (χ1n) is 10.7. The van der Waals surface area contributed by atoms with Crippen LogP contribution in [-0.2, 0) is 5.75 Å². The van der Waals surface area contributed by atoms with Gasteiger partial charge in [0, 0.05) is 35.2 Å². The molecule has 0 spiro atoms. The molecule has 5 rings (SSSR count). The lowest BCUT2D eigenvalue weighted by Gasteiger charge is -2.22. The lowest BCUT2D eigenvalue weighted by Crippen LogP contribution is -2.38. The third-order valence-corrected chi connectivity index (χ3v) is 7.03. The molecule has 2 N–H and O–H groups in total. The predicted molar refractivity (Wildman–Crippen MR) is 128 cm³/mol. The summed E-state index contributed by atoms with van der Waals surface area (Å²) in [6.45, 7) is 1.84. The van der Waals surface area contributed by atoms with E-state index in [0.717, 1.165) is 65.5 Å². The fraction of sp³-hybridized carbons (Fsp3) is 0.292. The molecule has 0 aliphatic carbocycles. The van der Waals surface area contributed by atoms with Crippen LogP contribution in [0.2, 0.25) is 5.02 Å². The Balaban J connectivity index is 1.60. The van der Waals surface area contributed by atoms with Crippen molar-refractivity contribution >= 4 is 35.0 Å². The van der Waals surface area contributed by atoms with Crippen molar-refractivity contribution in [2.75, 3.05) is 18.8 Å². The van der Waals surface area contributed by atoms with Crippen LogP contribution in [0.15, 0.2) is 48.5 Å². The Hall–Kier alpha value is -2.16. The molecule has 8 heteroatoms. The van der Waals surface area contributed by atoms with Gasteiger partial charge in [-0.15, -0.1) is 0 Å². The first-order valence-corrected chi connectivity index (χ1v) is 12.2. The number of rotatable bonds is 5. The summed E-state index contributed by atoms with van der Waals surface area (Å²) in [4.78, 5) is 0. The molecule has 0 radical (unpaired) electrons. The number of aliphatic hydroxyl groups excluding tert-OH is 1. The fourth-order valence-electron chi connectivity index (χ4n) is 4.21. The van der Waals surface area contributed by atoms with Crippen molar-refractivity contribution in [1.82, 2.24) is 20.2 Å². The summed E-state index contributed by atoms with van der Waals surface area (Å²) in [6.07, 6.45) is 3.43. The number of hydrogen-bond acceptors (Lipinski definition) is 5. The highest BCUT2D eigenvalue weighted by molar-refractivity contribution is 7.99. The summed E-state index contributed by atoms with van der Waals surface area (Å²) in [5.41, 5.74) is 8.74. The van der Waals surface area contributed by atoms with Crippen molar-refractivity contribution in [2.24, 2.45) is 0 Å². The van der Waals surface area contributed by atoms with Crippen LogP contribution in [0.4, 0.5) is 4.39 Å². The summed E-state index contributed by atoms with van der Waals surface area (Å²) >= 11 is 7.90. The summed E-state index contributed by atoms with van der Waals surface area (Å²) in [5.74, 6) is 1.31. The van der Waals surface area contributed by atoms with Gasteiger partial charge >= 0.3 is 0 Å². The Kier molecular flexibility index (Phi) is 6.35. The molecule has 166 valence electrons. The topological polar surface area (TPSA) is 53.3 Å². The van der Waals surface area contributed by atoms with Crippen LogP contribution in [0.1, 0.15) is 41.6 Å².